The number of nitrogens with one attached hydrogen (secondary N) is 1. The van der Waals surface area contributed by atoms with Crippen molar-refractivity contribution in [2.75, 3.05) is 7.11 Å². The molecule has 3 N–H and O–H groups in total. The molecule has 0 spiro atoms. The van der Waals surface area contributed by atoms with Gasteiger partial charge in [-0.25, -0.2) is 5.43 Å². The van der Waals surface area contributed by atoms with Crippen molar-refractivity contribution in [3.8, 4) is 5.75 Å². The molecule has 0 aliphatic heterocycles. The Kier molecular flexibility index (Phi) is 4.20. The van der Waals surface area contributed by atoms with Gasteiger partial charge in [-0.3, -0.25) is 5.84 Å². The minimum Gasteiger partial charge on any atom is -0.496 e. The average molecular weight is 256 g/mol. The highest BCUT2D eigenvalue weighted by molar-refractivity contribution is 5.48. The molecule has 0 amide bonds. The average Bonchev–Trinajstić information content (AvgIpc) is 2.42. The van der Waals surface area contributed by atoms with Crippen LogP contribution in [-0.2, 0) is 0 Å². The second-order valence-corrected chi connectivity index (χ2v) is 4.71. The van der Waals surface area contributed by atoms with Crippen LogP contribution in [0.25, 0.3) is 0 Å². The number of aryl methyl sites for hydroxylation is 2. The normalized spacial score (nSPS) is 12.2. The molecular formula is C16H20N2O. The van der Waals surface area contributed by atoms with Crippen LogP contribution < -0.4 is 16.0 Å². The summed E-state index contributed by atoms with van der Waals surface area (Å²) in [4.78, 5) is 0. The van der Waals surface area contributed by atoms with E-state index in [1.165, 1.54) is 11.1 Å². The Labute approximate surface area is 114 Å². The number of hydrogen-bond donors (Lipinski definition) is 2. The minimum absolute atomic E-state index is 0.0725. The minimum atomic E-state index is -0.0725. The van der Waals surface area contributed by atoms with Crippen LogP contribution in [-0.4, -0.2) is 7.11 Å². The Morgan fingerprint density at radius 2 is 1.79 bits per heavy atom. The van der Waals surface area contributed by atoms with Gasteiger partial charge in [0.15, 0.2) is 0 Å². The lowest BCUT2D eigenvalue weighted by Gasteiger charge is -2.22. The molecule has 3 nitrogen and oxygen atoms in total. The lowest BCUT2D eigenvalue weighted by molar-refractivity contribution is 0.403. The van der Waals surface area contributed by atoms with Crippen molar-refractivity contribution in [2.45, 2.75) is 19.9 Å². The van der Waals surface area contributed by atoms with Gasteiger partial charge in [0.1, 0.15) is 5.75 Å². The van der Waals surface area contributed by atoms with Gasteiger partial charge in [-0.05, 0) is 36.6 Å². The molecule has 0 aromatic heterocycles. The predicted molar refractivity (Wildman–Crippen MR) is 78.1 cm³/mol. The molecule has 0 heterocycles. The molecule has 0 saturated carbocycles. The van der Waals surface area contributed by atoms with Gasteiger partial charge in [0.05, 0.1) is 13.2 Å². The first-order valence-electron chi connectivity index (χ1n) is 6.33. The second-order valence-electron chi connectivity index (χ2n) is 4.71. The van der Waals surface area contributed by atoms with Crippen LogP contribution in [0.5, 0.6) is 5.75 Å². The molecule has 0 aliphatic rings. The van der Waals surface area contributed by atoms with Crippen LogP contribution in [0.3, 0.4) is 0 Å². The van der Waals surface area contributed by atoms with Crippen LogP contribution in [0.2, 0.25) is 0 Å². The van der Waals surface area contributed by atoms with E-state index in [-0.39, 0.29) is 6.04 Å². The first-order chi connectivity index (χ1) is 9.17. The molecule has 0 radical (unpaired) electrons. The van der Waals surface area contributed by atoms with Crippen molar-refractivity contribution >= 4 is 0 Å². The number of methoxy groups -OCH3 is 1. The summed E-state index contributed by atoms with van der Waals surface area (Å²) in [6, 6.07) is 14.2. The predicted octanol–water partition coefficient (Wildman–Crippen LogP) is 2.86. The Balaban J connectivity index is 2.55. The third-order valence-corrected chi connectivity index (χ3v) is 3.30. The van der Waals surface area contributed by atoms with E-state index in [0.717, 1.165) is 16.9 Å². The first kappa shape index (κ1) is 13.6. The molecule has 2 aromatic carbocycles. The van der Waals surface area contributed by atoms with Gasteiger partial charge in [-0.2, -0.15) is 0 Å². The quantitative estimate of drug-likeness (QED) is 0.653. The van der Waals surface area contributed by atoms with Crippen molar-refractivity contribution < 1.29 is 4.74 Å². The fourth-order valence-electron chi connectivity index (χ4n) is 2.47. The van der Waals surface area contributed by atoms with Crippen LogP contribution in [0, 0.1) is 13.8 Å². The summed E-state index contributed by atoms with van der Waals surface area (Å²) in [5.41, 5.74) is 7.45. The molecule has 100 valence electrons. The zero-order chi connectivity index (χ0) is 13.8. The number of benzene rings is 2. The molecule has 0 saturated heterocycles. The SMILES string of the molecule is COc1cc(C)cc(C)c1C(NN)c1ccccc1. The van der Waals surface area contributed by atoms with Gasteiger partial charge in [0.2, 0.25) is 0 Å². The summed E-state index contributed by atoms with van der Waals surface area (Å²) in [6.07, 6.45) is 0. The lowest BCUT2D eigenvalue weighted by Crippen LogP contribution is -2.29. The van der Waals surface area contributed by atoms with Gasteiger partial charge in [0.25, 0.3) is 0 Å². The molecule has 3 heteroatoms. The highest BCUT2D eigenvalue weighted by Gasteiger charge is 2.19. The van der Waals surface area contributed by atoms with Crippen LogP contribution in [0.4, 0.5) is 0 Å². The summed E-state index contributed by atoms with van der Waals surface area (Å²) < 4.78 is 5.52. The second kappa shape index (κ2) is 5.87. The van der Waals surface area contributed by atoms with E-state index >= 15 is 0 Å². The summed E-state index contributed by atoms with van der Waals surface area (Å²) in [7, 11) is 1.69. The summed E-state index contributed by atoms with van der Waals surface area (Å²) in [6.45, 7) is 4.14. The van der Waals surface area contributed by atoms with E-state index in [9.17, 15) is 0 Å². The summed E-state index contributed by atoms with van der Waals surface area (Å²) in [5.74, 6) is 6.63. The summed E-state index contributed by atoms with van der Waals surface area (Å²) >= 11 is 0. The van der Waals surface area contributed by atoms with Gasteiger partial charge >= 0.3 is 0 Å². The Morgan fingerprint density at radius 3 is 2.37 bits per heavy atom. The van der Waals surface area contributed by atoms with E-state index in [2.05, 4.69) is 37.5 Å². The standard InChI is InChI=1S/C16H20N2O/c1-11-9-12(2)15(14(10-11)19-3)16(18-17)13-7-5-4-6-8-13/h4-10,16,18H,17H2,1-3H3. The highest BCUT2D eigenvalue weighted by Crippen LogP contribution is 2.33. The summed E-state index contributed by atoms with van der Waals surface area (Å²) in [5, 5.41) is 0. The van der Waals surface area contributed by atoms with Crippen molar-refractivity contribution in [3.05, 3.63) is 64.7 Å². The molecule has 0 bridgehead atoms. The van der Waals surface area contributed by atoms with Crippen molar-refractivity contribution in [1.82, 2.24) is 5.43 Å². The zero-order valence-electron chi connectivity index (χ0n) is 11.6. The molecule has 2 rings (SSSR count). The third kappa shape index (κ3) is 2.78. The Morgan fingerprint density at radius 1 is 1.11 bits per heavy atom. The number of nitrogens with two attached hydrogens (primary N) is 1. The van der Waals surface area contributed by atoms with E-state index in [4.69, 9.17) is 10.6 Å². The zero-order valence-corrected chi connectivity index (χ0v) is 11.6. The van der Waals surface area contributed by atoms with Gasteiger partial charge < -0.3 is 4.74 Å². The molecule has 1 unspecified atom stereocenters. The number of hydrazine groups is 1. The van der Waals surface area contributed by atoms with Crippen molar-refractivity contribution in [2.24, 2.45) is 5.84 Å². The molecule has 2 aromatic rings. The maximum atomic E-state index is 5.76. The topological polar surface area (TPSA) is 47.3 Å². The number of hydrogen-bond acceptors (Lipinski definition) is 3. The van der Waals surface area contributed by atoms with E-state index in [0.29, 0.717) is 0 Å². The third-order valence-electron chi connectivity index (χ3n) is 3.30. The maximum absolute atomic E-state index is 5.76. The molecule has 0 aliphatic carbocycles. The fourth-order valence-corrected chi connectivity index (χ4v) is 2.47. The Hall–Kier alpha value is -1.84. The van der Waals surface area contributed by atoms with Crippen LogP contribution >= 0.6 is 0 Å². The van der Waals surface area contributed by atoms with E-state index in [1.54, 1.807) is 7.11 Å². The fraction of sp³-hybridized carbons (Fsp3) is 0.250. The molecule has 0 fully saturated rings. The molecular weight excluding hydrogens is 236 g/mol. The maximum Gasteiger partial charge on any atom is 0.124 e. The van der Waals surface area contributed by atoms with Crippen molar-refractivity contribution in [1.29, 1.82) is 0 Å². The number of rotatable bonds is 4. The van der Waals surface area contributed by atoms with Gasteiger partial charge in [-0.1, -0.05) is 36.4 Å². The Bertz CT molecular complexity index is 552. The van der Waals surface area contributed by atoms with Gasteiger partial charge in [0, 0.05) is 5.56 Å². The van der Waals surface area contributed by atoms with Crippen LogP contribution in [0.15, 0.2) is 42.5 Å². The van der Waals surface area contributed by atoms with E-state index < -0.39 is 0 Å². The smallest absolute Gasteiger partial charge is 0.124 e. The number of ether oxygens (including phenoxy) is 1. The molecule has 19 heavy (non-hydrogen) atoms. The highest BCUT2D eigenvalue weighted by atomic mass is 16.5. The molecule has 1 atom stereocenters. The first-order valence-corrected chi connectivity index (χ1v) is 6.33. The van der Waals surface area contributed by atoms with Crippen LogP contribution in [0.1, 0.15) is 28.3 Å². The lowest BCUT2D eigenvalue weighted by atomic mass is 9.93. The monoisotopic (exact) mass is 256 g/mol. The van der Waals surface area contributed by atoms with Crippen molar-refractivity contribution in [3.63, 3.8) is 0 Å². The van der Waals surface area contributed by atoms with E-state index in [1.807, 2.05) is 24.3 Å². The van der Waals surface area contributed by atoms with Gasteiger partial charge in [-0.15, -0.1) is 0 Å². The largest absolute Gasteiger partial charge is 0.496 e.